The van der Waals surface area contributed by atoms with E-state index in [2.05, 4.69) is 0 Å². The molecule has 0 spiro atoms. The first-order chi connectivity index (χ1) is 10.0. The summed E-state index contributed by atoms with van der Waals surface area (Å²) in [6, 6.07) is 0. The average Bonchev–Trinajstić information content (AvgIpc) is 2.71. The summed E-state index contributed by atoms with van der Waals surface area (Å²) < 4.78 is 0. The second kappa shape index (κ2) is 0. The summed E-state index contributed by atoms with van der Waals surface area (Å²) >= 11 is 0. The maximum atomic E-state index is 2.00. The molecule has 0 amide bonds. The van der Waals surface area contributed by atoms with E-state index in [0.717, 1.165) is 0 Å². The summed E-state index contributed by atoms with van der Waals surface area (Å²) in [5.74, 6) is 0. The number of rotatable bonds is 0. The Balaban J connectivity index is -0.00000000181. The quantitative estimate of drug-likeness (QED) is 0.326. The minimum absolute atomic E-state index is 0. The smallest absolute Gasteiger partial charge is 0.0683 e. The van der Waals surface area contributed by atoms with E-state index >= 15 is 0 Å². The van der Waals surface area contributed by atoms with Crippen LogP contribution >= 0.6 is 0 Å². The van der Waals surface area contributed by atoms with Crippen molar-refractivity contribution in [2.45, 2.75) is 220 Å². The average molecular weight is 477 g/mol. The van der Waals surface area contributed by atoms with Crippen molar-refractivity contribution < 1.29 is 0 Å². The molecule has 228 valence electrons. The molecule has 0 aromatic rings. The molecule has 0 aliphatic heterocycles. The molecule has 0 unspecified atom stereocenters. The van der Waals surface area contributed by atoms with Gasteiger partial charge in [0.25, 0.3) is 0 Å². The summed E-state index contributed by atoms with van der Waals surface area (Å²) in [5, 5.41) is 0. The SMILES string of the molecule is C.C.C.C.C.C.C.C.C.C.C.CC.CC.CC.CC.CC.CC.CC.CC.CC.CC. The Hall–Kier alpha value is 0. The third-order valence-electron chi connectivity index (χ3n) is 0. The molecule has 31 heavy (non-hydrogen) atoms. The lowest BCUT2D eigenvalue weighted by Crippen LogP contribution is -0.856. The van der Waals surface area contributed by atoms with Gasteiger partial charge in [-0.2, -0.15) is 0 Å². The van der Waals surface area contributed by atoms with Crippen molar-refractivity contribution in [3.8, 4) is 0 Å². The molecule has 0 aromatic carbocycles. The second-order valence-corrected chi connectivity index (χ2v) is 0. The van der Waals surface area contributed by atoms with E-state index in [4.69, 9.17) is 0 Å². The molecule has 0 heterocycles. The first kappa shape index (κ1) is 279. The third kappa shape index (κ3) is 0. The van der Waals surface area contributed by atoms with Gasteiger partial charge >= 0.3 is 0 Å². The van der Waals surface area contributed by atoms with Gasteiger partial charge in [0.1, 0.15) is 0 Å². The van der Waals surface area contributed by atoms with Crippen molar-refractivity contribution in [2.75, 3.05) is 0 Å². The molecule has 0 saturated carbocycles. The van der Waals surface area contributed by atoms with E-state index in [-0.39, 0.29) is 81.7 Å². The fraction of sp³-hybridized carbons (Fsp3) is 1.00. The standard InChI is InChI=1S/10C2H6.11CH4/c10*1-2;;;;;;;;;;;/h10*1-2H3;11*1H4. The van der Waals surface area contributed by atoms with E-state index in [9.17, 15) is 0 Å². The Morgan fingerprint density at radius 1 is 0.0968 bits per heavy atom. The van der Waals surface area contributed by atoms with Gasteiger partial charge in [0.2, 0.25) is 0 Å². The number of hydrogen-bond acceptors (Lipinski definition) is 0. The molecule has 0 heteroatoms. The largest absolute Gasteiger partial charge is 0.0776 e. The fourth-order valence-electron chi connectivity index (χ4n) is 0. The van der Waals surface area contributed by atoms with Gasteiger partial charge in [0.15, 0.2) is 0 Å². The summed E-state index contributed by atoms with van der Waals surface area (Å²) in [6.07, 6.45) is 0. The Morgan fingerprint density at radius 2 is 0.0968 bits per heavy atom. The van der Waals surface area contributed by atoms with Gasteiger partial charge in [0, 0.05) is 0 Å². The molecule has 0 N–H and O–H groups in total. The van der Waals surface area contributed by atoms with Crippen molar-refractivity contribution in [1.29, 1.82) is 0 Å². The minimum atomic E-state index is 0. The first-order valence-corrected chi connectivity index (χ1v) is 10.0. The molecule has 0 nitrogen and oxygen atoms in total. The lowest BCUT2D eigenvalue weighted by atomic mass is 11.0. The monoisotopic (exact) mass is 477 g/mol. The Bertz CT molecular complexity index is 0. The fourth-order valence-corrected chi connectivity index (χ4v) is 0. The van der Waals surface area contributed by atoms with Crippen LogP contribution in [0.4, 0.5) is 0 Å². The highest BCUT2D eigenvalue weighted by molar-refractivity contribution is 3.52. The summed E-state index contributed by atoms with van der Waals surface area (Å²) in [7, 11) is 0. The van der Waals surface area contributed by atoms with Crippen molar-refractivity contribution in [1.82, 2.24) is 0 Å². The Kier molecular flexibility index (Phi) is 0. The highest BCUT2D eigenvalue weighted by atomic mass is 13.0. The van der Waals surface area contributed by atoms with Crippen LogP contribution in [0.25, 0.3) is 0 Å². The van der Waals surface area contributed by atoms with Gasteiger partial charge in [-0.05, 0) is 0 Å². The van der Waals surface area contributed by atoms with Gasteiger partial charge < -0.3 is 0 Å². The number of hydrogen-bond donors (Lipinski definition) is 0. The van der Waals surface area contributed by atoms with Crippen LogP contribution in [-0.4, -0.2) is 0 Å². The lowest BCUT2D eigenvalue weighted by molar-refractivity contribution is 1.50. The molecule has 0 aliphatic carbocycles. The van der Waals surface area contributed by atoms with Gasteiger partial charge in [-0.25, -0.2) is 0 Å². The zero-order valence-electron chi connectivity index (χ0n) is 20.0. The molecule has 0 aliphatic rings. The van der Waals surface area contributed by atoms with Crippen LogP contribution in [0.15, 0.2) is 0 Å². The van der Waals surface area contributed by atoms with Crippen LogP contribution in [-0.2, 0) is 0 Å². The molecule has 0 bridgehead atoms. The summed E-state index contributed by atoms with van der Waals surface area (Å²) in [4.78, 5) is 0. The zero-order valence-corrected chi connectivity index (χ0v) is 20.0. The van der Waals surface area contributed by atoms with E-state index in [1.54, 1.807) is 0 Å². The Morgan fingerprint density at radius 3 is 0.0968 bits per heavy atom. The van der Waals surface area contributed by atoms with Crippen molar-refractivity contribution in [3.05, 3.63) is 0 Å². The van der Waals surface area contributed by atoms with E-state index in [1.807, 2.05) is 138 Å². The normalized spacial score (nSPS) is 1.94. The van der Waals surface area contributed by atoms with Crippen LogP contribution in [0, 0.1) is 0 Å². The molecule has 0 fully saturated rings. The molecule has 0 aromatic heterocycles. The van der Waals surface area contributed by atoms with Crippen molar-refractivity contribution >= 4 is 0 Å². The van der Waals surface area contributed by atoms with Crippen LogP contribution < -0.4 is 0 Å². The van der Waals surface area contributed by atoms with E-state index < -0.39 is 0 Å². The Labute approximate surface area is 220 Å². The van der Waals surface area contributed by atoms with Gasteiger partial charge in [-0.15, -0.1) is 0 Å². The summed E-state index contributed by atoms with van der Waals surface area (Å²) in [5.41, 5.74) is 0. The predicted molar refractivity (Wildman–Crippen MR) is 188 cm³/mol. The van der Waals surface area contributed by atoms with Crippen LogP contribution in [0.1, 0.15) is 220 Å². The zero-order chi connectivity index (χ0) is 20.0. The highest BCUT2D eigenvalue weighted by Crippen LogP contribution is 1.16. The topological polar surface area (TPSA) is 0 Å². The third-order valence-corrected chi connectivity index (χ3v) is 0. The first-order valence-electron chi connectivity index (χ1n) is 10.0. The molecule has 0 radical (unpaired) electrons. The molecular formula is C31H104. The predicted octanol–water partition coefficient (Wildman–Crippen LogP) is 17.3. The van der Waals surface area contributed by atoms with E-state index in [0.29, 0.717) is 0 Å². The molecule has 0 atom stereocenters. The molecular weight excluding hydrogens is 372 g/mol. The van der Waals surface area contributed by atoms with Crippen LogP contribution in [0.5, 0.6) is 0 Å². The van der Waals surface area contributed by atoms with Gasteiger partial charge in [0.05, 0.1) is 0 Å². The second-order valence-electron chi connectivity index (χ2n) is 0. The maximum Gasteiger partial charge on any atom is -0.0683 e. The van der Waals surface area contributed by atoms with Gasteiger partial charge in [-0.3, -0.25) is 0 Å². The van der Waals surface area contributed by atoms with Crippen molar-refractivity contribution in [2.24, 2.45) is 0 Å². The molecule has 0 saturated heterocycles. The van der Waals surface area contributed by atoms with Gasteiger partial charge in [-0.1, -0.05) is 220 Å². The highest BCUT2D eigenvalue weighted by Gasteiger charge is 0.950. The maximum absolute atomic E-state index is 2.00. The summed E-state index contributed by atoms with van der Waals surface area (Å²) in [6.45, 7) is 40.0. The lowest BCUT2D eigenvalue weighted by Gasteiger charge is -1.07. The van der Waals surface area contributed by atoms with Crippen LogP contribution in [0.2, 0.25) is 0 Å². The molecule has 0 rings (SSSR count). The van der Waals surface area contributed by atoms with E-state index in [1.165, 1.54) is 0 Å². The van der Waals surface area contributed by atoms with Crippen molar-refractivity contribution in [3.63, 3.8) is 0 Å². The minimum Gasteiger partial charge on any atom is -0.0776 e. The van der Waals surface area contributed by atoms with Crippen LogP contribution in [0.3, 0.4) is 0 Å².